The van der Waals surface area contributed by atoms with Gasteiger partial charge in [0.15, 0.2) is 0 Å². The SMILES string of the molecule is O=C(O)CCC(=NO)c1cnc(-c2ccc(Cl)cc2)cn1. The fourth-order valence-corrected chi connectivity index (χ4v) is 1.83. The van der Waals surface area contributed by atoms with Crippen molar-refractivity contribution in [2.45, 2.75) is 12.8 Å². The summed E-state index contributed by atoms with van der Waals surface area (Å²) in [4.78, 5) is 18.9. The van der Waals surface area contributed by atoms with Crippen molar-refractivity contribution in [3.8, 4) is 11.3 Å². The molecule has 0 saturated carbocycles. The predicted molar refractivity (Wildman–Crippen MR) is 77.7 cm³/mol. The third kappa shape index (κ3) is 4.00. The third-order valence-corrected chi connectivity index (χ3v) is 3.04. The molecule has 0 aliphatic rings. The highest BCUT2D eigenvalue weighted by Crippen LogP contribution is 2.19. The zero-order valence-electron chi connectivity index (χ0n) is 10.9. The summed E-state index contributed by atoms with van der Waals surface area (Å²) < 4.78 is 0. The number of carbonyl (C=O) groups is 1. The van der Waals surface area contributed by atoms with E-state index in [1.165, 1.54) is 12.4 Å². The smallest absolute Gasteiger partial charge is 0.303 e. The highest BCUT2D eigenvalue weighted by molar-refractivity contribution is 6.30. The Morgan fingerprint density at radius 2 is 1.86 bits per heavy atom. The summed E-state index contributed by atoms with van der Waals surface area (Å²) in [7, 11) is 0. The zero-order valence-corrected chi connectivity index (χ0v) is 11.7. The van der Waals surface area contributed by atoms with E-state index < -0.39 is 5.97 Å². The molecular formula is C14H12ClN3O3. The number of nitrogens with zero attached hydrogens (tertiary/aromatic N) is 3. The summed E-state index contributed by atoms with van der Waals surface area (Å²) in [5.74, 6) is -0.970. The lowest BCUT2D eigenvalue weighted by atomic mass is 10.1. The molecule has 0 saturated heterocycles. The van der Waals surface area contributed by atoms with Crippen LogP contribution in [0.1, 0.15) is 18.5 Å². The minimum absolute atomic E-state index is 0.0841. The van der Waals surface area contributed by atoms with Crippen molar-refractivity contribution in [3.05, 3.63) is 47.4 Å². The van der Waals surface area contributed by atoms with Crippen molar-refractivity contribution in [2.24, 2.45) is 5.16 Å². The van der Waals surface area contributed by atoms with Crippen LogP contribution in [-0.2, 0) is 4.79 Å². The van der Waals surface area contributed by atoms with Crippen LogP contribution in [0.4, 0.5) is 0 Å². The zero-order chi connectivity index (χ0) is 15.2. The first-order chi connectivity index (χ1) is 10.1. The second-order valence-electron chi connectivity index (χ2n) is 4.23. The molecule has 0 spiro atoms. The topological polar surface area (TPSA) is 95.7 Å². The van der Waals surface area contributed by atoms with E-state index in [-0.39, 0.29) is 18.6 Å². The second kappa shape index (κ2) is 6.81. The molecule has 1 heterocycles. The van der Waals surface area contributed by atoms with Gasteiger partial charge in [0.25, 0.3) is 0 Å². The number of oxime groups is 1. The first kappa shape index (κ1) is 14.9. The van der Waals surface area contributed by atoms with Gasteiger partial charge in [-0.25, -0.2) is 0 Å². The molecule has 0 amide bonds. The highest BCUT2D eigenvalue weighted by atomic mass is 35.5. The van der Waals surface area contributed by atoms with Crippen LogP contribution in [0.15, 0.2) is 41.8 Å². The van der Waals surface area contributed by atoms with Crippen molar-refractivity contribution < 1.29 is 15.1 Å². The molecule has 1 aromatic carbocycles. The Morgan fingerprint density at radius 3 is 2.38 bits per heavy atom. The van der Waals surface area contributed by atoms with Crippen LogP contribution in [0.25, 0.3) is 11.3 Å². The average molecular weight is 306 g/mol. The number of carboxylic acids is 1. The largest absolute Gasteiger partial charge is 0.481 e. The van der Waals surface area contributed by atoms with Gasteiger partial charge >= 0.3 is 5.97 Å². The molecule has 2 aromatic rings. The minimum Gasteiger partial charge on any atom is -0.481 e. The van der Waals surface area contributed by atoms with Crippen LogP contribution in [-0.4, -0.2) is 32.0 Å². The Balaban J connectivity index is 2.18. The summed E-state index contributed by atoms with van der Waals surface area (Å²) in [5, 5.41) is 21.3. The number of carboxylic acid groups (broad SMARTS) is 1. The van der Waals surface area contributed by atoms with E-state index in [2.05, 4.69) is 15.1 Å². The van der Waals surface area contributed by atoms with Crippen molar-refractivity contribution >= 4 is 23.3 Å². The molecule has 0 atom stereocenters. The first-order valence-electron chi connectivity index (χ1n) is 6.11. The maximum Gasteiger partial charge on any atom is 0.303 e. The molecule has 7 heteroatoms. The molecule has 1 aromatic heterocycles. The standard InChI is InChI=1S/C14H12ClN3O3/c15-10-3-1-9(2-4-10)12-7-17-13(8-16-12)11(18-21)5-6-14(19)20/h1-4,7-8,21H,5-6H2,(H,19,20). The van der Waals surface area contributed by atoms with Crippen LogP contribution in [0.5, 0.6) is 0 Å². The fraction of sp³-hybridized carbons (Fsp3) is 0.143. The summed E-state index contributed by atoms with van der Waals surface area (Å²) in [6.07, 6.45) is 2.92. The molecule has 21 heavy (non-hydrogen) atoms. The number of hydrogen-bond donors (Lipinski definition) is 2. The highest BCUT2D eigenvalue weighted by Gasteiger charge is 2.10. The Kier molecular flexibility index (Phi) is 4.84. The third-order valence-electron chi connectivity index (χ3n) is 2.78. The molecule has 2 N–H and O–H groups in total. The molecular weight excluding hydrogens is 294 g/mol. The van der Waals surface area contributed by atoms with Gasteiger partial charge in [0.1, 0.15) is 11.4 Å². The Labute approximate surface area is 125 Å². The van der Waals surface area contributed by atoms with E-state index >= 15 is 0 Å². The second-order valence-corrected chi connectivity index (χ2v) is 4.67. The molecule has 6 nitrogen and oxygen atoms in total. The number of aliphatic carboxylic acids is 1. The van der Waals surface area contributed by atoms with Crippen LogP contribution in [0, 0.1) is 0 Å². The fourth-order valence-electron chi connectivity index (χ4n) is 1.70. The van der Waals surface area contributed by atoms with Crippen LogP contribution in [0.3, 0.4) is 0 Å². The molecule has 0 aliphatic carbocycles. The van der Waals surface area contributed by atoms with E-state index in [0.717, 1.165) is 5.56 Å². The van der Waals surface area contributed by atoms with Crippen LogP contribution >= 0.6 is 11.6 Å². The molecule has 0 radical (unpaired) electrons. The summed E-state index contributed by atoms with van der Waals surface area (Å²) >= 11 is 5.82. The normalized spacial score (nSPS) is 11.4. The van der Waals surface area contributed by atoms with Crippen molar-refractivity contribution in [3.63, 3.8) is 0 Å². The van der Waals surface area contributed by atoms with Gasteiger partial charge in [0.2, 0.25) is 0 Å². The quantitative estimate of drug-likeness (QED) is 0.503. The summed E-state index contributed by atoms with van der Waals surface area (Å²) in [6, 6.07) is 7.13. The molecule has 0 unspecified atom stereocenters. The van der Waals surface area contributed by atoms with Crippen molar-refractivity contribution in [2.75, 3.05) is 0 Å². The summed E-state index contributed by atoms with van der Waals surface area (Å²) in [5.41, 5.74) is 2.03. The van der Waals surface area contributed by atoms with E-state index in [0.29, 0.717) is 16.4 Å². The average Bonchev–Trinajstić information content (AvgIpc) is 2.49. The number of aromatic nitrogens is 2. The molecule has 0 fully saturated rings. The Morgan fingerprint density at radius 1 is 1.14 bits per heavy atom. The lowest BCUT2D eigenvalue weighted by molar-refractivity contribution is -0.136. The van der Waals surface area contributed by atoms with E-state index in [1.54, 1.807) is 12.1 Å². The van der Waals surface area contributed by atoms with Gasteiger partial charge in [-0.2, -0.15) is 0 Å². The molecule has 0 bridgehead atoms. The molecule has 108 valence electrons. The van der Waals surface area contributed by atoms with E-state index in [1.807, 2.05) is 12.1 Å². The van der Waals surface area contributed by atoms with Gasteiger partial charge < -0.3 is 10.3 Å². The predicted octanol–water partition coefficient (Wildman–Crippen LogP) is 2.84. The number of rotatable bonds is 5. The van der Waals surface area contributed by atoms with Gasteiger partial charge in [-0.05, 0) is 12.1 Å². The monoisotopic (exact) mass is 305 g/mol. The lowest BCUT2D eigenvalue weighted by Gasteiger charge is -2.04. The summed E-state index contributed by atoms with van der Waals surface area (Å²) in [6.45, 7) is 0. The van der Waals surface area contributed by atoms with Crippen molar-refractivity contribution in [1.29, 1.82) is 0 Å². The van der Waals surface area contributed by atoms with E-state index in [9.17, 15) is 4.79 Å². The maximum absolute atomic E-state index is 10.5. The Hall–Kier alpha value is -2.47. The minimum atomic E-state index is -0.970. The first-order valence-corrected chi connectivity index (χ1v) is 6.49. The van der Waals surface area contributed by atoms with Crippen LogP contribution < -0.4 is 0 Å². The number of halogens is 1. The van der Waals surface area contributed by atoms with Gasteiger partial charge in [-0.15, -0.1) is 0 Å². The number of benzene rings is 1. The van der Waals surface area contributed by atoms with Crippen LogP contribution in [0.2, 0.25) is 5.02 Å². The van der Waals surface area contributed by atoms with Gasteiger partial charge in [0, 0.05) is 17.0 Å². The maximum atomic E-state index is 10.5. The van der Waals surface area contributed by atoms with E-state index in [4.69, 9.17) is 21.9 Å². The van der Waals surface area contributed by atoms with Gasteiger partial charge in [-0.1, -0.05) is 28.9 Å². The number of hydrogen-bond acceptors (Lipinski definition) is 5. The van der Waals surface area contributed by atoms with Gasteiger partial charge in [-0.3, -0.25) is 14.8 Å². The Bertz CT molecular complexity index is 654. The molecule has 2 rings (SSSR count). The van der Waals surface area contributed by atoms with Gasteiger partial charge in [0.05, 0.1) is 24.5 Å². The molecule has 0 aliphatic heterocycles. The van der Waals surface area contributed by atoms with Crippen molar-refractivity contribution in [1.82, 2.24) is 9.97 Å². The lowest BCUT2D eigenvalue weighted by Crippen LogP contribution is -2.08.